The van der Waals surface area contributed by atoms with Gasteiger partial charge in [0.2, 0.25) is 0 Å². The molecule has 2 N–H and O–H groups in total. The van der Waals surface area contributed by atoms with Gasteiger partial charge in [-0.3, -0.25) is 9.59 Å². The molecule has 2 aromatic rings. The summed E-state index contributed by atoms with van der Waals surface area (Å²) in [6.45, 7) is 3.87. The molecule has 2 aromatic carbocycles. The SMILES string of the molecule is CCCCc1ccc(-c2ccc(C(=O)N[C@@H](C)CC(=O)O)cc2)cc1. The summed E-state index contributed by atoms with van der Waals surface area (Å²) in [7, 11) is 0. The number of hydrogen-bond acceptors (Lipinski definition) is 2. The van der Waals surface area contributed by atoms with E-state index in [2.05, 4.69) is 36.5 Å². The summed E-state index contributed by atoms with van der Waals surface area (Å²) in [5.74, 6) is -1.18. The van der Waals surface area contributed by atoms with Gasteiger partial charge in [-0.15, -0.1) is 0 Å². The third-order valence-electron chi connectivity index (χ3n) is 4.11. The number of benzene rings is 2. The standard InChI is InChI=1S/C21H25NO3/c1-3-4-5-16-6-8-17(9-7-16)18-10-12-19(13-11-18)21(25)22-15(2)14-20(23)24/h6-13,15H,3-5,14H2,1-2H3,(H,22,25)(H,23,24)/t15-/m0/s1. The fraction of sp³-hybridized carbons (Fsp3) is 0.333. The Morgan fingerprint density at radius 3 is 2.08 bits per heavy atom. The van der Waals surface area contributed by atoms with Gasteiger partial charge in [-0.1, -0.05) is 49.7 Å². The molecule has 0 fully saturated rings. The Morgan fingerprint density at radius 2 is 1.56 bits per heavy atom. The van der Waals surface area contributed by atoms with Crippen LogP contribution in [0, 0.1) is 0 Å². The van der Waals surface area contributed by atoms with E-state index >= 15 is 0 Å². The highest BCUT2D eigenvalue weighted by Gasteiger charge is 2.12. The second-order valence-corrected chi connectivity index (χ2v) is 6.35. The minimum Gasteiger partial charge on any atom is -0.481 e. The fourth-order valence-electron chi connectivity index (χ4n) is 2.68. The molecule has 0 aliphatic heterocycles. The van der Waals surface area contributed by atoms with Crippen molar-refractivity contribution in [2.75, 3.05) is 0 Å². The van der Waals surface area contributed by atoms with E-state index in [1.54, 1.807) is 19.1 Å². The molecule has 0 heterocycles. The van der Waals surface area contributed by atoms with E-state index in [1.165, 1.54) is 18.4 Å². The van der Waals surface area contributed by atoms with Crippen molar-refractivity contribution >= 4 is 11.9 Å². The quantitative estimate of drug-likeness (QED) is 0.754. The summed E-state index contributed by atoms with van der Waals surface area (Å²) in [5.41, 5.74) is 4.04. The van der Waals surface area contributed by atoms with Crippen molar-refractivity contribution in [3.8, 4) is 11.1 Å². The first-order valence-corrected chi connectivity index (χ1v) is 8.71. The zero-order valence-electron chi connectivity index (χ0n) is 14.8. The lowest BCUT2D eigenvalue weighted by molar-refractivity contribution is -0.137. The molecular formula is C21H25NO3. The van der Waals surface area contributed by atoms with Crippen LogP contribution in [-0.4, -0.2) is 23.0 Å². The minimum absolute atomic E-state index is 0.0891. The van der Waals surface area contributed by atoms with E-state index < -0.39 is 12.0 Å². The van der Waals surface area contributed by atoms with Crippen LogP contribution in [0.3, 0.4) is 0 Å². The highest BCUT2D eigenvalue weighted by atomic mass is 16.4. The van der Waals surface area contributed by atoms with Crippen LogP contribution < -0.4 is 5.32 Å². The number of hydrogen-bond donors (Lipinski definition) is 2. The number of unbranched alkanes of at least 4 members (excludes halogenated alkanes) is 1. The molecule has 0 spiro atoms. The molecule has 0 aromatic heterocycles. The Balaban J connectivity index is 2.01. The molecule has 2 rings (SSSR count). The van der Waals surface area contributed by atoms with Gasteiger partial charge in [0, 0.05) is 11.6 Å². The van der Waals surface area contributed by atoms with Crippen molar-refractivity contribution < 1.29 is 14.7 Å². The van der Waals surface area contributed by atoms with E-state index in [1.807, 2.05) is 12.1 Å². The van der Waals surface area contributed by atoms with E-state index in [0.717, 1.165) is 17.5 Å². The number of carbonyl (C=O) groups is 2. The van der Waals surface area contributed by atoms with Gasteiger partial charge < -0.3 is 10.4 Å². The van der Waals surface area contributed by atoms with Crippen molar-refractivity contribution in [1.82, 2.24) is 5.32 Å². The number of amides is 1. The predicted octanol–water partition coefficient (Wildman–Crippen LogP) is 4.29. The van der Waals surface area contributed by atoms with Crippen molar-refractivity contribution in [2.24, 2.45) is 0 Å². The average Bonchev–Trinajstić information content (AvgIpc) is 2.59. The van der Waals surface area contributed by atoms with Crippen LogP contribution in [0.1, 0.15) is 49.0 Å². The van der Waals surface area contributed by atoms with Gasteiger partial charge in [0.05, 0.1) is 6.42 Å². The van der Waals surface area contributed by atoms with Gasteiger partial charge in [-0.25, -0.2) is 0 Å². The van der Waals surface area contributed by atoms with Gasteiger partial charge in [0.25, 0.3) is 5.91 Å². The number of aliphatic carboxylic acids is 1. The van der Waals surface area contributed by atoms with E-state index in [4.69, 9.17) is 5.11 Å². The highest BCUT2D eigenvalue weighted by Crippen LogP contribution is 2.21. The second kappa shape index (κ2) is 9.02. The molecule has 0 unspecified atom stereocenters. The maximum Gasteiger partial charge on any atom is 0.305 e. The number of nitrogens with one attached hydrogen (secondary N) is 1. The van der Waals surface area contributed by atoms with Crippen LogP contribution >= 0.6 is 0 Å². The number of aryl methyl sites for hydroxylation is 1. The van der Waals surface area contributed by atoms with Crippen LogP contribution in [0.5, 0.6) is 0 Å². The highest BCUT2D eigenvalue weighted by molar-refractivity contribution is 5.95. The molecule has 25 heavy (non-hydrogen) atoms. The molecule has 4 heteroatoms. The first kappa shape index (κ1) is 18.7. The summed E-state index contributed by atoms with van der Waals surface area (Å²) in [4.78, 5) is 22.8. The lowest BCUT2D eigenvalue weighted by atomic mass is 10.0. The molecule has 0 radical (unpaired) electrons. The molecule has 0 saturated heterocycles. The molecule has 1 atom stereocenters. The predicted molar refractivity (Wildman–Crippen MR) is 99.7 cm³/mol. The lowest BCUT2D eigenvalue weighted by Crippen LogP contribution is -2.34. The normalized spacial score (nSPS) is 11.8. The minimum atomic E-state index is -0.925. The molecule has 0 saturated carbocycles. The monoisotopic (exact) mass is 339 g/mol. The summed E-state index contributed by atoms with van der Waals surface area (Å²) >= 11 is 0. The van der Waals surface area contributed by atoms with Gasteiger partial charge in [-0.05, 0) is 48.6 Å². The molecule has 132 valence electrons. The van der Waals surface area contributed by atoms with Crippen molar-refractivity contribution in [3.63, 3.8) is 0 Å². The number of carboxylic acids is 1. The van der Waals surface area contributed by atoms with Gasteiger partial charge in [0.1, 0.15) is 0 Å². The molecule has 1 amide bonds. The number of rotatable bonds is 8. The smallest absolute Gasteiger partial charge is 0.305 e. The van der Waals surface area contributed by atoms with Gasteiger partial charge in [0.15, 0.2) is 0 Å². The third kappa shape index (κ3) is 5.75. The molecule has 0 bridgehead atoms. The summed E-state index contributed by atoms with van der Waals surface area (Å²) in [6.07, 6.45) is 3.40. The number of carboxylic acid groups (broad SMARTS) is 1. The van der Waals surface area contributed by atoms with Crippen molar-refractivity contribution in [1.29, 1.82) is 0 Å². The van der Waals surface area contributed by atoms with E-state index in [9.17, 15) is 9.59 Å². The Labute approximate surface area is 148 Å². The first-order valence-electron chi connectivity index (χ1n) is 8.71. The van der Waals surface area contributed by atoms with Crippen LogP contribution in [0.25, 0.3) is 11.1 Å². The van der Waals surface area contributed by atoms with E-state index in [0.29, 0.717) is 5.56 Å². The Kier molecular flexibility index (Phi) is 6.75. The largest absolute Gasteiger partial charge is 0.481 e. The van der Waals surface area contributed by atoms with Crippen LogP contribution in [0.2, 0.25) is 0 Å². The Morgan fingerprint density at radius 1 is 1.00 bits per heavy atom. The Hall–Kier alpha value is -2.62. The molecule has 4 nitrogen and oxygen atoms in total. The average molecular weight is 339 g/mol. The van der Waals surface area contributed by atoms with Gasteiger partial charge >= 0.3 is 5.97 Å². The second-order valence-electron chi connectivity index (χ2n) is 6.35. The summed E-state index contributed by atoms with van der Waals surface area (Å²) in [5, 5.41) is 11.4. The Bertz CT molecular complexity index is 705. The van der Waals surface area contributed by atoms with Crippen LogP contribution in [-0.2, 0) is 11.2 Å². The van der Waals surface area contributed by atoms with Gasteiger partial charge in [-0.2, -0.15) is 0 Å². The fourth-order valence-corrected chi connectivity index (χ4v) is 2.68. The van der Waals surface area contributed by atoms with E-state index in [-0.39, 0.29) is 12.3 Å². The summed E-state index contributed by atoms with van der Waals surface area (Å²) < 4.78 is 0. The van der Waals surface area contributed by atoms with Crippen LogP contribution in [0.4, 0.5) is 0 Å². The molecule has 0 aliphatic carbocycles. The van der Waals surface area contributed by atoms with Crippen molar-refractivity contribution in [3.05, 3.63) is 59.7 Å². The first-order chi connectivity index (χ1) is 12.0. The third-order valence-corrected chi connectivity index (χ3v) is 4.11. The molecular weight excluding hydrogens is 314 g/mol. The topological polar surface area (TPSA) is 66.4 Å². The number of carbonyl (C=O) groups excluding carboxylic acids is 1. The van der Waals surface area contributed by atoms with Crippen molar-refractivity contribution in [2.45, 2.75) is 45.6 Å². The zero-order chi connectivity index (χ0) is 18.2. The molecule has 0 aliphatic rings. The lowest BCUT2D eigenvalue weighted by Gasteiger charge is -2.12. The zero-order valence-corrected chi connectivity index (χ0v) is 14.8. The summed E-state index contributed by atoms with van der Waals surface area (Å²) in [6, 6.07) is 15.5. The van der Waals surface area contributed by atoms with Crippen LogP contribution in [0.15, 0.2) is 48.5 Å². The maximum absolute atomic E-state index is 12.1. The maximum atomic E-state index is 12.1.